The molecule has 1 N–H and O–H groups in total. The highest BCUT2D eigenvalue weighted by atomic mass is 16.3. The first-order valence-corrected chi connectivity index (χ1v) is 5.98. The van der Waals surface area contributed by atoms with Crippen LogP contribution in [0.15, 0.2) is 29.1 Å². The lowest BCUT2D eigenvalue weighted by atomic mass is 10.2. The topological polar surface area (TPSA) is 51.0 Å². The van der Waals surface area contributed by atoms with E-state index in [1.54, 1.807) is 12.5 Å². The third-order valence-electron chi connectivity index (χ3n) is 2.42. The summed E-state index contributed by atoms with van der Waals surface area (Å²) in [4.78, 5) is 9.01. The molecule has 2 rings (SSSR count). The maximum absolute atomic E-state index is 5.09. The van der Waals surface area contributed by atoms with E-state index in [1.807, 2.05) is 12.1 Å². The van der Waals surface area contributed by atoms with Gasteiger partial charge in [0.05, 0.1) is 18.2 Å². The second-order valence-electron chi connectivity index (χ2n) is 3.85. The number of rotatable bonds is 5. The zero-order valence-corrected chi connectivity index (χ0v) is 10.2. The molecule has 0 saturated heterocycles. The van der Waals surface area contributed by atoms with Crippen molar-refractivity contribution in [2.24, 2.45) is 0 Å². The fraction of sp³-hybridized carbons (Fsp3) is 0.385. The van der Waals surface area contributed by atoms with Crippen LogP contribution in [0.2, 0.25) is 0 Å². The quantitative estimate of drug-likeness (QED) is 0.859. The number of aromatic nitrogens is 2. The van der Waals surface area contributed by atoms with Crippen molar-refractivity contribution < 1.29 is 4.42 Å². The van der Waals surface area contributed by atoms with Crippen LogP contribution in [-0.2, 0) is 6.42 Å². The molecule has 0 amide bonds. The Hall–Kier alpha value is -1.84. The number of furan rings is 1. The van der Waals surface area contributed by atoms with Crippen LogP contribution in [0.4, 0.5) is 5.82 Å². The van der Waals surface area contributed by atoms with E-state index in [-0.39, 0.29) is 0 Å². The number of hydrogen-bond acceptors (Lipinski definition) is 4. The summed E-state index contributed by atoms with van der Waals surface area (Å²) in [5, 5.41) is 3.23. The summed E-state index contributed by atoms with van der Waals surface area (Å²) in [7, 11) is 0. The SMILES string of the molecule is CCCc1nc(NCC)cc(-c2ccoc2)n1. The predicted molar refractivity (Wildman–Crippen MR) is 67.9 cm³/mol. The number of nitrogens with one attached hydrogen (secondary N) is 1. The summed E-state index contributed by atoms with van der Waals surface area (Å²) in [5.74, 6) is 1.75. The number of hydrogen-bond donors (Lipinski definition) is 1. The highest BCUT2D eigenvalue weighted by Crippen LogP contribution is 2.20. The minimum atomic E-state index is 0.855. The van der Waals surface area contributed by atoms with Gasteiger partial charge in [0.2, 0.25) is 0 Å². The molecule has 0 aromatic carbocycles. The Labute approximate surface area is 101 Å². The summed E-state index contributed by atoms with van der Waals surface area (Å²) < 4.78 is 5.09. The Morgan fingerprint density at radius 3 is 2.82 bits per heavy atom. The second kappa shape index (κ2) is 5.48. The molecule has 2 heterocycles. The Bertz CT molecular complexity index is 441. The van der Waals surface area contributed by atoms with E-state index >= 15 is 0 Å². The van der Waals surface area contributed by atoms with Gasteiger partial charge in [0.15, 0.2) is 0 Å². The molecule has 0 spiro atoms. The molecular formula is C13H17N3O. The molecule has 0 bridgehead atoms. The first-order chi connectivity index (χ1) is 8.33. The molecule has 0 fully saturated rings. The van der Waals surface area contributed by atoms with E-state index in [0.29, 0.717) is 0 Å². The van der Waals surface area contributed by atoms with Gasteiger partial charge in [0.25, 0.3) is 0 Å². The van der Waals surface area contributed by atoms with Crippen LogP contribution in [0.1, 0.15) is 26.1 Å². The lowest BCUT2D eigenvalue weighted by molar-refractivity contribution is 0.568. The van der Waals surface area contributed by atoms with Gasteiger partial charge in [-0.15, -0.1) is 0 Å². The van der Waals surface area contributed by atoms with Gasteiger partial charge in [0.1, 0.15) is 11.6 Å². The van der Waals surface area contributed by atoms with E-state index in [4.69, 9.17) is 4.42 Å². The van der Waals surface area contributed by atoms with Gasteiger partial charge in [-0.05, 0) is 19.4 Å². The van der Waals surface area contributed by atoms with E-state index in [1.165, 1.54) is 0 Å². The van der Waals surface area contributed by atoms with Crippen molar-refractivity contribution in [3.8, 4) is 11.3 Å². The van der Waals surface area contributed by atoms with Crippen molar-refractivity contribution in [1.29, 1.82) is 0 Å². The van der Waals surface area contributed by atoms with Crippen molar-refractivity contribution in [2.45, 2.75) is 26.7 Å². The molecule has 4 heteroatoms. The molecule has 2 aromatic heterocycles. The smallest absolute Gasteiger partial charge is 0.131 e. The van der Waals surface area contributed by atoms with Gasteiger partial charge >= 0.3 is 0 Å². The standard InChI is InChI=1S/C13H17N3O/c1-3-5-12-15-11(10-6-7-17-9-10)8-13(16-12)14-4-2/h6-9H,3-5H2,1-2H3,(H,14,15,16). The lowest BCUT2D eigenvalue weighted by Crippen LogP contribution is -2.04. The molecule has 90 valence electrons. The molecule has 0 atom stereocenters. The van der Waals surface area contributed by atoms with E-state index in [2.05, 4.69) is 29.1 Å². The van der Waals surface area contributed by atoms with Crippen LogP contribution >= 0.6 is 0 Å². The average Bonchev–Trinajstić information content (AvgIpc) is 2.83. The monoisotopic (exact) mass is 231 g/mol. The molecule has 0 aliphatic heterocycles. The Morgan fingerprint density at radius 2 is 2.18 bits per heavy atom. The van der Waals surface area contributed by atoms with Gasteiger partial charge in [-0.25, -0.2) is 9.97 Å². The molecule has 0 aliphatic rings. The van der Waals surface area contributed by atoms with Crippen molar-refractivity contribution in [3.05, 3.63) is 30.5 Å². The maximum atomic E-state index is 5.09. The third-order valence-corrected chi connectivity index (χ3v) is 2.42. The van der Waals surface area contributed by atoms with Crippen molar-refractivity contribution >= 4 is 5.82 Å². The zero-order chi connectivity index (χ0) is 12.1. The third kappa shape index (κ3) is 2.84. The minimum absolute atomic E-state index is 0.855. The van der Waals surface area contributed by atoms with Gasteiger partial charge in [-0.2, -0.15) is 0 Å². The van der Waals surface area contributed by atoms with E-state index < -0.39 is 0 Å². The number of aryl methyl sites for hydroxylation is 1. The molecular weight excluding hydrogens is 214 g/mol. The summed E-state index contributed by atoms with van der Waals surface area (Å²) in [6, 6.07) is 3.86. The molecule has 0 radical (unpaired) electrons. The molecule has 4 nitrogen and oxygen atoms in total. The van der Waals surface area contributed by atoms with Crippen LogP contribution in [0.5, 0.6) is 0 Å². The molecule has 0 unspecified atom stereocenters. The van der Waals surface area contributed by atoms with E-state index in [9.17, 15) is 0 Å². The van der Waals surface area contributed by atoms with Crippen LogP contribution in [0, 0.1) is 0 Å². The number of anilines is 1. The van der Waals surface area contributed by atoms with Crippen LogP contribution < -0.4 is 5.32 Å². The normalized spacial score (nSPS) is 10.5. The Morgan fingerprint density at radius 1 is 1.29 bits per heavy atom. The van der Waals surface area contributed by atoms with Gasteiger partial charge in [0, 0.05) is 24.6 Å². The molecule has 0 saturated carbocycles. The first kappa shape index (κ1) is 11.6. The van der Waals surface area contributed by atoms with Crippen molar-refractivity contribution in [2.75, 3.05) is 11.9 Å². The zero-order valence-electron chi connectivity index (χ0n) is 10.2. The highest BCUT2D eigenvalue weighted by molar-refractivity contribution is 5.61. The minimum Gasteiger partial charge on any atom is -0.472 e. The van der Waals surface area contributed by atoms with Gasteiger partial charge < -0.3 is 9.73 Å². The highest BCUT2D eigenvalue weighted by Gasteiger charge is 2.06. The molecule has 17 heavy (non-hydrogen) atoms. The average molecular weight is 231 g/mol. The van der Waals surface area contributed by atoms with Crippen LogP contribution in [0.3, 0.4) is 0 Å². The Kier molecular flexibility index (Phi) is 3.75. The van der Waals surface area contributed by atoms with Gasteiger partial charge in [-0.1, -0.05) is 6.92 Å². The molecule has 0 aliphatic carbocycles. The predicted octanol–water partition coefficient (Wildman–Crippen LogP) is 3.12. The summed E-state index contributed by atoms with van der Waals surface area (Å²) in [5.41, 5.74) is 1.90. The lowest BCUT2D eigenvalue weighted by Gasteiger charge is -2.07. The van der Waals surface area contributed by atoms with Crippen LogP contribution in [0.25, 0.3) is 11.3 Å². The first-order valence-electron chi connectivity index (χ1n) is 5.98. The maximum Gasteiger partial charge on any atom is 0.131 e. The largest absolute Gasteiger partial charge is 0.472 e. The Balaban J connectivity index is 2.37. The van der Waals surface area contributed by atoms with Crippen molar-refractivity contribution in [3.63, 3.8) is 0 Å². The van der Waals surface area contributed by atoms with Crippen LogP contribution in [-0.4, -0.2) is 16.5 Å². The summed E-state index contributed by atoms with van der Waals surface area (Å²) in [6.45, 7) is 5.04. The summed E-state index contributed by atoms with van der Waals surface area (Å²) >= 11 is 0. The van der Waals surface area contributed by atoms with Gasteiger partial charge in [-0.3, -0.25) is 0 Å². The second-order valence-corrected chi connectivity index (χ2v) is 3.85. The van der Waals surface area contributed by atoms with E-state index in [0.717, 1.165) is 42.3 Å². The number of nitrogens with zero attached hydrogens (tertiary/aromatic N) is 2. The fourth-order valence-corrected chi connectivity index (χ4v) is 1.66. The van der Waals surface area contributed by atoms with Crippen molar-refractivity contribution in [1.82, 2.24) is 9.97 Å². The molecule has 2 aromatic rings. The summed E-state index contributed by atoms with van der Waals surface area (Å²) in [6.07, 6.45) is 5.29. The fourth-order valence-electron chi connectivity index (χ4n) is 1.66.